The number of aliphatic hydroxyl groups excluding tert-OH is 1. The molecule has 7 atom stereocenters. The number of unbranched alkanes of at least 4 members (excludes halogenated alkanes) is 34. The summed E-state index contributed by atoms with van der Waals surface area (Å²) in [5, 5.41) is 10.6. The maximum atomic E-state index is 13.0. The van der Waals surface area contributed by atoms with Crippen molar-refractivity contribution in [3.8, 4) is 0 Å². The molecule has 0 aromatic rings. The second kappa shape index (κ2) is 62.6. The number of ether oxygens (including phenoxy) is 4. The Bertz CT molecular complexity index is 1820. The van der Waals surface area contributed by atoms with E-state index < -0.39 is 97.5 Å². The molecule has 5 unspecified atom stereocenters. The van der Waals surface area contributed by atoms with Crippen LogP contribution in [0.1, 0.15) is 364 Å². The lowest BCUT2D eigenvalue weighted by molar-refractivity contribution is -0.161. The van der Waals surface area contributed by atoms with Crippen LogP contribution in [0.4, 0.5) is 0 Å². The fourth-order valence-electron chi connectivity index (χ4n) is 11.0. The third kappa shape index (κ3) is 64.1. The summed E-state index contributed by atoms with van der Waals surface area (Å²) in [6, 6.07) is 0. The maximum Gasteiger partial charge on any atom is 0.472 e. The number of esters is 4. The maximum absolute atomic E-state index is 13.0. The molecule has 0 aromatic heterocycles. The first kappa shape index (κ1) is 90.1. The predicted molar refractivity (Wildman–Crippen MR) is 372 cm³/mol. The molecule has 0 saturated heterocycles. The third-order valence-corrected chi connectivity index (χ3v) is 19.4. The number of aliphatic hydroxyl groups is 1. The van der Waals surface area contributed by atoms with Crippen LogP contribution >= 0.6 is 15.6 Å². The molecule has 0 aliphatic rings. The first-order valence-electron chi connectivity index (χ1n) is 37.8. The SMILES string of the molecule is CCC(C)CCCCCCCCCCCCCCCCC(=O)O[C@H](COC(=O)CCCCCCCCC(C)CC)COP(=O)(O)OCC(O)COP(=O)(O)OC[C@@H](COC(=O)CCCCCCCCCCC(C)C)OC(=O)CCCCCCCCCCCCC(C)C. The lowest BCUT2D eigenvalue weighted by atomic mass is 9.99. The number of phosphoric ester groups is 2. The van der Waals surface area contributed by atoms with Gasteiger partial charge < -0.3 is 33.8 Å². The van der Waals surface area contributed by atoms with Gasteiger partial charge >= 0.3 is 39.5 Å². The van der Waals surface area contributed by atoms with Crippen LogP contribution in [0, 0.1) is 23.7 Å². The Morgan fingerprint density at radius 2 is 0.522 bits per heavy atom. The fraction of sp³-hybridized carbons (Fsp3) is 0.945. The molecule has 0 amide bonds. The van der Waals surface area contributed by atoms with Gasteiger partial charge in [-0.25, -0.2) is 9.13 Å². The first-order chi connectivity index (χ1) is 44.2. The number of hydrogen-bond donors (Lipinski definition) is 3. The Kier molecular flexibility index (Phi) is 61.3. The van der Waals surface area contributed by atoms with Crippen LogP contribution in [0.5, 0.6) is 0 Å². The highest BCUT2D eigenvalue weighted by Gasteiger charge is 2.30. The lowest BCUT2D eigenvalue weighted by Crippen LogP contribution is -2.30. The summed E-state index contributed by atoms with van der Waals surface area (Å²) in [6.07, 6.45) is 45.8. The number of rotatable bonds is 70. The molecule has 0 aliphatic heterocycles. The number of carbonyl (C=O) groups is 4. The van der Waals surface area contributed by atoms with E-state index in [0.29, 0.717) is 25.7 Å². The quantitative estimate of drug-likeness (QED) is 0.0222. The number of carbonyl (C=O) groups excluding carboxylic acids is 4. The monoisotopic (exact) mass is 1350 g/mol. The molecule has 0 aliphatic carbocycles. The Morgan fingerprint density at radius 3 is 0.772 bits per heavy atom. The highest BCUT2D eigenvalue weighted by atomic mass is 31.2. The smallest absolute Gasteiger partial charge is 0.462 e. The van der Waals surface area contributed by atoms with Gasteiger partial charge in [-0.05, 0) is 49.4 Å². The average Bonchev–Trinajstić information content (AvgIpc) is 3.70. The van der Waals surface area contributed by atoms with Crippen molar-refractivity contribution in [2.75, 3.05) is 39.6 Å². The summed E-state index contributed by atoms with van der Waals surface area (Å²) in [6.45, 7) is 14.1. The largest absolute Gasteiger partial charge is 0.472 e. The molecule has 0 heterocycles. The minimum atomic E-state index is -4.95. The second-order valence-electron chi connectivity index (χ2n) is 27.8. The van der Waals surface area contributed by atoms with E-state index in [2.05, 4.69) is 55.4 Å². The third-order valence-electron chi connectivity index (χ3n) is 17.5. The topological polar surface area (TPSA) is 237 Å². The Balaban J connectivity index is 5.24. The molecular weight excluding hydrogens is 1210 g/mol. The van der Waals surface area contributed by atoms with Gasteiger partial charge in [-0.1, -0.05) is 312 Å². The average molecular weight is 1350 g/mol. The summed E-state index contributed by atoms with van der Waals surface area (Å²) in [7, 11) is -9.91. The zero-order valence-corrected chi connectivity index (χ0v) is 62.0. The van der Waals surface area contributed by atoms with Crippen molar-refractivity contribution in [1.29, 1.82) is 0 Å². The standard InChI is InChI=1S/C73H142O17P2/c1-9-65(7)51-43-35-27-20-15-13-11-12-14-16-21-29-39-47-55-72(77)90-69(60-84-71(76)54-46-38-32-31-36-44-52-66(8)10-2)62-88-92(81,82)86-58-67(74)57-85-91(79,80)87-61-68(59-83-70(75)53-45-37-28-24-23-26-34-42-50-64(5)6)89-73(78)56-48-40-30-22-18-17-19-25-33-41-49-63(3)4/h63-69,74H,9-62H2,1-8H3,(H,79,80)(H,81,82)/t65?,66?,67?,68-,69-/m1/s1. The zero-order chi connectivity index (χ0) is 68.2. The van der Waals surface area contributed by atoms with Crippen molar-refractivity contribution in [3.63, 3.8) is 0 Å². The van der Waals surface area contributed by atoms with Gasteiger partial charge in [-0.3, -0.25) is 37.3 Å². The Labute approximate surface area is 562 Å². The second-order valence-corrected chi connectivity index (χ2v) is 30.7. The number of phosphoric acid groups is 2. The molecule has 3 N–H and O–H groups in total. The van der Waals surface area contributed by atoms with Crippen LogP contribution in [0.25, 0.3) is 0 Å². The van der Waals surface area contributed by atoms with E-state index in [1.807, 2.05) is 0 Å². The van der Waals surface area contributed by atoms with Crippen LogP contribution in [0.15, 0.2) is 0 Å². The van der Waals surface area contributed by atoms with Crippen molar-refractivity contribution in [2.24, 2.45) is 23.7 Å². The highest BCUT2D eigenvalue weighted by Crippen LogP contribution is 2.45. The van der Waals surface area contributed by atoms with Gasteiger partial charge in [0.25, 0.3) is 0 Å². The first-order valence-corrected chi connectivity index (χ1v) is 40.8. The van der Waals surface area contributed by atoms with E-state index in [1.165, 1.54) is 161 Å². The molecule has 0 spiro atoms. The minimum absolute atomic E-state index is 0.105. The van der Waals surface area contributed by atoms with Gasteiger partial charge in [-0.2, -0.15) is 0 Å². The molecule has 92 heavy (non-hydrogen) atoms. The zero-order valence-electron chi connectivity index (χ0n) is 60.2. The molecular formula is C73H142O17P2. The summed E-state index contributed by atoms with van der Waals surface area (Å²) in [5.74, 6) is 0.928. The predicted octanol–water partition coefficient (Wildman–Crippen LogP) is 20.9. The Hall–Kier alpha value is -1.94. The van der Waals surface area contributed by atoms with Crippen LogP contribution in [-0.2, 0) is 65.4 Å². The highest BCUT2D eigenvalue weighted by molar-refractivity contribution is 7.47. The minimum Gasteiger partial charge on any atom is -0.462 e. The summed E-state index contributed by atoms with van der Waals surface area (Å²) in [4.78, 5) is 72.7. The van der Waals surface area contributed by atoms with E-state index in [-0.39, 0.29) is 25.7 Å². The van der Waals surface area contributed by atoms with Gasteiger partial charge in [0.15, 0.2) is 12.2 Å². The van der Waals surface area contributed by atoms with Crippen molar-refractivity contribution >= 4 is 39.5 Å². The van der Waals surface area contributed by atoms with Crippen molar-refractivity contribution in [2.45, 2.75) is 382 Å². The van der Waals surface area contributed by atoms with Gasteiger partial charge in [0.1, 0.15) is 19.3 Å². The van der Waals surface area contributed by atoms with Crippen molar-refractivity contribution in [3.05, 3.63) is 0 Å². The molecule has 0 fully saturated rings. The van der Waals surface area contributed by atoms with Crippen molar-refractivity contribution in [1.82, 2.24) is 0 Å². The summed E-state index contributed by atoms with van der Waals surface area (Å²) < 4.78 is 68.4. The van der Waals surface area contributed by atoms with Gasteiger partial charge in [-0.15, -0.1) is 0 Å². The molecule has 19 heteroatoms. The normalized spacial score (nSPS) is 14.8. The van der Waals surface area contributed by atoms with Crippen LogP contribution in [0.3, 0.4) is 0 Å². The fourth-order valence-corrected chi connectivity index (χ4v) is 12.5. The molecule has 546 valence electrons. The van der Waals surface area contributed by atoms with Crippen LogP contribution in [0.2, 0.25) is 0 Å². The number of hydrogen-bond acceptors (Lipinski definition) is 15. The molecule has 0 rings (SSSR count). The summed E-state index contributed by atoms with van der Waals surface area (Å²) in [5.41, 5.74) is 0. The van der Waals surface area contributed by atoms with E-state index in [4.69, 9.17) is 37.0 Å². The molecule has 0 bridgehead atoms. The van der Waals surface area contributed by atoms with Gasteiger partial charge in [0.05, 0.1) is 26.4 Å². The van der Waals surface area contributed by atoms with E-state index in [1.54, 1.807) is 0 Å². The lowest BCUT2D eigenvalue weighted by Gasteiger charge is -2.21. The van der Waals surface area contributed by atoms with Crippen molar-refractivity contribution < 1.29 is 80.2 Å². The van der Waals surface area contributed by atoms with E-state index in [0.717, 1.165) is 120 Å². The Morgan fingerprint density at radius 1 is 0.304 bits per heavy atom. The van der Waals surface area contributed by atoms with Gasteiger partial charge in [0, 0.05) is 25.7 Å². The molecule has 0 aromatic carbocycles. The molecule has 0 saturated carbocycles. The van der Waals surface area contributed by atoms with Crippen LogP contribution in [-0.4, -0.2) is 96.7 Å². The summed E-state index contributed by atoms with van der Waals surface area (Å²) >= 11 is 0. The van der Waals surface area contributed by atoms with E-state index in [9.17, 15) is 43.2 Å². The van der Waals surface area contributed by atoms with Gasteiger partial charge in [0.2, 0.25) is 0 Å². The van der Waals surface area contributed by atoms with E-state index >= 15 is 0 Å². The molecule has 17 nitrogen and oxygen atoms in total. The van der Waals surface area contributed by atoms with Crippen LogP contribution < -0.4 is 0 Å². The molecule has 0 radical (unpaired) electrons.